The molecule has 0 fully saturated rings. The molecule has 0 aliphatic carbocycles. The van der Waals surface area contributed by atoms with E-state index in [0.29, 0.717) is 41.5 Å². The maximum Gasteiger partial charge on any atom is 0.695 e. The number of methoxy groups -OCH3 is 1. The maximum atomic E-state index is 14.1. The molecule has 1 unspecified atom stereocenters. The van der Waals surface area contributed by atoms with Crippen LogP contribution in [-0.2, 0) is 35.0 Å². The Hall–Kier alpha value is -4.63. The van der Waals surface area contributed by atoms with Gasteiger partial charge in [0.15, 0.2) is 0 Å². The lowest BCUT2D eigenvalue weighted by molar-refractivity contribution is -0.137. The van der Waals surface area contributed by atoms with Gasteiger partial charge >= 0.3 is 14.4 Å². The smallest absolute Gasteiger partial charge is 0.495 e. The molecule has 0 bridgehead atoms. The average molecular weight is 647 g/mol. The van der Waals surface area contributed by atoms with E-state index in [1.54, 1.807) is 36.3 Å². The third-order valence-electron chi connectivity index (χ3n) is 6.96. The second kappa shape index (κ2) is 13.2. The van der Waals surface area contributed by atoms with Crippen molar-refractivity contribution in [1.29, 1.82) is 0 Å². The zero-order valence-corrected chi connectivity index (χ0v) is 24.9. The number of hydrogen-bond donors (Lipinski definition) is 4. The van der Waals surface area contributed by atoms with Gasteiger partial charge in [-0.1, -0.05) is 12.1 Å². The Bertz CT molecular complexity index is 1750. The molecule has 45 heavy (non-hydrogen) atoms. The number of amides is 1. The fourth-order valence-electron chi connectivity index (χ4n) is 4.84. The summed E-state index contributed by atoms with van der Waals surface area (Å²) in [6.45, 7) is 0.573. The molecule has 2 aromatic carbocycles. The first kappa shape index (κ1) is 31.8. The van der Waals surface area contributed by atoms with Gasteiger partial charge in [0.1, 0.15) is 23.7 Å². The predicted octanol–water partition coefficient (Wildman–Crippen LogP) is 4.99. The fourth-order valence-corrected chi connectivity index (χ4v) is 5.10. The van der Waals surface area contributed by atoms with Gasteiger partial charge in [-0.3, -0.25) is 9.48 Å². The Kier molecular flexibility index (Phi) is 9.29. The van der Waals surface area contributed by atoms with Crippen LogP contribution in [0.15, 0.2) is 48.9 Å². The number of nitrogens with zero attached hydrogens (tertiary/aromatic N) is 5. The van der Waals surface area contributed by atoms with Crippen molar-refractivity contribution in [3.63, 3.8) is 0 Å². The van der Waals surface area contributed by atoms with Crippen molar-refractivity contribution in [2.24, 2.45) is 0 Å². The summed E-state index contributed by atoms with van der Waals surface area (Å²) >= 11 is 0. The number of carbonyl (C=O) groups is 1. The van der Waals surface area contributed by atoms with E-state index in [0.717, 1.165) is 5.56 Å². The lowest BCUT2D eigenvalue weighted by Gasteiger charge is -2.17. The van der Waals surface area contributed by atoms with Crippen LogP contribution in [-0.4, -0.2) is 61.3 Å². The highest BCUT2D eigenvalue weighted by Gasteiger charge is 2.37. The molecule has 0 saturated heterocycles. The molecule has 13 nitrogen and oxygen atoms in total. The molecule has 2 aromatic heterocycles. The molecule has 1 aliphatic heterocycles. The largest absolute Gasteiger partial charge is 0.695 e. The molecule has 5 rings (SSSR count). The van der Waals surface area contributed by atoms with Crippen molar-refractivity contribution >= 4 is 37.3 Å². The molecule has 3 heterocycles. The van der Waals surface area contributed by atoms with E-state index in [1.165, 1.54) is 30.2 Å². The summed E-state index contributed by atoms with van der Waals surface area (Å²) in [5, 5.41) is 19.0. The standard InChI is InChI=1S/C28H27F3N7O6P/c1-37-14-19-18(17-11-33-38(13-17)8-3-9-39)5-7-22(24(19)26(37)40)34-25-20(28(29,30)31)12-32-27(36-25)35-21-6-4-16(10-23(21)43-2)15-44-45(41)42/h4-7,10-13,39H,3,8-9,14-15H2,1-2H3,(H2-,32,34,35,36,40,41,42)/p+1. The van der Waals surface area contributed by atoms with E-state index in [2.05, 4.69) is 25.7 Å². The van der Waals surface area contributed by atoms with Crippen molar-refractivity contribution in [1.82, 2.24) is 24.6 Å². The molecule has 1 aliphatic rings. The number of rotatable bonds is 12. The Morgan fingerprint density at radius 2 is 1.91 bits per heavy atom. The number of nitrogens with one attached hydrogen (secondary N) is 2. The molecular formula is C28H28F3N7O6P+. The zero-order valence-electron chi connectivity index (χ0n) is 24.0. The third kappa shape index (κ3) is 7.04. The monoisotopic (exact) mass is 646 g/mol. The van der Waals surface area contributed by atoms with E-state index in [1.807, 2.05) is 0 Å². The number of carbonyl (C=O) groups excluding carboxylic acids is 1. The Morgan fingerprint density at radius 1 is 1.13 bits per heavy atom. The highest BCUT2D eigenvalue weighted by Crippen LogP contribution is 2.40. The van der Waals surface area contributed by atoms with Gasteiger partial charge in [0, 0.05) is 49.3 Å². The molecule has 4 aromatic rings. The minimum absolute atomic E-state index is 0.00945. The first-order chi connectivity index (χ1) is 21.5. The first-order valence-corrected chi connectivity index (χ1v) is 14.6. The van der Waals surface area contributed by atoms with Gasteiger partial charge < -0.3 is 25.4 Å². The van der Waals surface area contributed by atoms with E-state index in [4.69, 9.17) is 19.3 Å². The lowest BCUT2D eigenvalue weighted by atomic mass is 9.97. The summed E-state index contributed by atoms with van der Waals surface area (Å²) in [4.78, 5) is 31.5. The van der Waals surface area contributed by atoms with Crippen LogP contribution < -0.4 is 15.4 Å². The highest BCUT2D eigenvalue weighted by atomic mass is 31.1. The average Bonchev–Trinajstić information content (AvgIpc) is 3.59. The summed E-state index contributed by atoms with van der Waals surface area (Å²) in [5.74, 6) is -0.894. The summed E-state index contributed by atoms with van der Waals surface area (Å²) < 4.78 is 64.8. The summed E-state index contributed by atoms with van der Waals surface area (Å²) in [6.07, 6.45) is -0.252. The number of aryl methyl sites for hydroxylation is 1. The van der Waals surface area contributed by atoms with E-state index >= 15 is 0 Å². The van der Waals surface area contributed by atoms with Gasteiger partial charge in [0.25, 0.3) is 5.91 Å². The molecular weight excluding hydrogens is 618 g/mol. The molecule has 0 spiro atoms. The summed E-state index contributed by atoms with van der Waals surface area (Å²) in [7, 11) is 0.166. The number of aromatic nitrogens is 4. The van der Waals surface area contributed by atoms with Gasteiger partial charge in [-0.15, -0.1) is 9.42 Å². The number of fused-ring (bicyclic) bond motifs is 1. The SMILES string of the molecule is COc1cc(CO[P+](=O)O)ccc1Nc1ncc(C(F)(F)F)c(Nc2ccc(-c3cnn(CCCO)c3)c3c2C(=O)N(C)C3)n1. The van der Waals surface area contributed by atoms with Crippen LogP contribution in [0.1, 0.15) is 33.5 Å². The number of halogens is 3. The van der Waals surface area contributed by atoms with Crippen molar-refractivity contribution in [2.45, 2.75) is 32.3 Å². The predicted molar refractivity (Wildman–Crippen MR) is 156 cm³/mol. The van der Waals surface area contributed by atoms with Crippen LogP contribution >= 0.6 is 8.25 Å². The second-order valence-corrected chi connectivity index (χ2v) is 10.7. The zero-order chi connectivity index (χ0) is 32.3. The molecule has 1 amide bonds. The number of alkyl halides is 3. The first-order valence-electron chi connectivity index (χ1n) is 13.5. The van der Waals surface area contributed by atoms with Gasteiger partial charge in [0.2, 0.25) is 5.95 Å². The molecule has 0 saturated carbocycles. The maximum absolute atomic E-state index is 14.1. The summed E-state index contributed by atoms with van der Waals surface area (Å²) in [6, 6.07) is 7.85. The van der Waals surface area contributed by atoms with Crippen LogP contribution in [0, 0.1) is 0 Å². The molecule has 236 valence electrons. The normalized spacial score (nSPS) is 13.2. The topological polar surface area (TPSA) is 164 Å². The molecule has 4 N–H and O–H groups in total. The Labute approximate surface area is 255 Å². The van der Waals surface area contributed by atoms with E-state index in [9.17, 15) is 22.5 Å². The van der Waals surface area contributed by atoms with Crippen LogP contribution in [0.3, 0.4) is 0 Å². The van der Waals surface area contributed by atoms with Crippen molar-refractivity contribution in [3.05, 3.63) is 71.2 Å². The number of anilines is 4. The highest BCUT2D eigenvalue weighted by molar-refractivity contribution is 7.32. The Balaban J connectivity index is 1.49. The second-order valence-electron chi connectivity index (χ2n) is 9.99. The lowest BCUT2D eigenvalue weighted by Crippen LogP contribution is -2.18. The van der Waals surface area contributed by atoms with Gasteiger partial charge in [-0.25, -0.2) is 4.98 Å². The molecule has 17 heteroatoms. The fraction of sp³-hybridized carbons (Fsp3) is 0.286. The summed E-state index contributed by atoms with van der Waals surface area (Å²) in [5.41, 5.74) is 2.06. The van der Waals surface area contributed by atoms with E-state index < -0.39 is 25.8 Å². The quantitative estimate of drug-likeness (QED) is 0.153. The number of hydrogen-bond acceptors (Lipinski definition) is 10. The molecule has 1 atom stereocenters. The van der Waals surface area contributed by atoms with Crippen LogP contribution in [0.4, 0.5) is 36.3 Å². The minimum atomic E-state index is -4.82. The van der Waals surface area contributed by atoms with Crippen molar-refractivity contribution < 1.29 is 41.8 Å². The minimum Gasteiger partial charge on any atom is -0.495 e. The van der Waals surface area contributed by atoms with Gasteiger partial charge in [-0.2, -0.15) is 23.3 Å². The number of ether oxygens (including phenoxy) is 1. The number of aliphatic hydroxyl groups is 1. The van der Waals surface area contributed by atoms with Crippen LogP contribution in [0.25, 0.3) is 11.1 Å². The van der Waals surface area contributed by atoms with Gasteiger partial charge in [-0.05, 0) is 41.3 Å². The van der Waals surface area contributed by atoms with Crippen molar-refractivity contribution in [3.8, 4) is 16.9 Å². The van der Waals surface area contributed by atoms with Crippen LogP contribution in [0.2, 0.25) is 0 Å². The van der Waals surface area contributed by atoms with Gasteiger partial charge in [0.05, 0.1) is 30.2 Å². The third-order valence-corrected chi connectivity index (χ3v) is 7.31. The van der Waals surface area contributed by atoms with Crippen LogP contribution in [0.5, 0.6) is 5.75 Å². The Morgan fingerprint density at radius 3 is 2.62 bits per heavy atom. The van der Waals surface area contributed by atoms with Crippen molar-refractivity contribution in [2.75, 3.05) is 31.4 Å². The number of benzene rings is 2. The molecule has 0 radical (unpaired) electrons. The van der Waals surface area contributed by atoms with E-state index in [-0.39, 0.29) is 48.6 Å². The number of aliphatic hydroxyl groups excluding tert-OH is 1.